The first kappa shape index (κ1) is 15.8. The first-order chi connectivity index (χ1) is 8.81. The Labute approximate surface area is 112 Å². The summed E-state index contributed by atoms with van der Waals surface area (Å²) in [5.74, 6) is 0. The number of anilines is 1. The van der Waals surface area contributed by atoms with Gasteiger partial charge in [-0.3, -0.25) is 0 Å². The molecule has 0 fully saturated rings. The van der Waals surface area contributed by atoms with Crippen molar-refractivity contribution in [2.24, 2.45) is 5.73 Å². The van der Waals surface area contributed by atoms with E-state index >= 15 is 0 Å². The molecule has 0 heterocycles. The molecule has 0 saturated heterocycles. The Morgan fingerprint density at radius 3 is 2.32 bits per heavy atom. The van der Waals surface area contributed by atoms with Gasteiger partial charge in [0.1, 0.15) is 6.04 Å². The Bertz CT molecular complexity index is 404. The molecule has 0 radical (unpaired) electrons. The fourth-order valence-corrected chi connectivity index (χ4v) is 2.22. The molecule has 1 aromatic carbocycles. The van der Waals surface area contributed by atoms with Crippen LogP contribution in [0.1, 0.15) is 25.8 Å². The van der Waals surface area contributed by atoms with Crippen LogP contribution in [0, 0.1) is 6.92 Å². The molecule has 0 bridgehead atoms. The van der Waals surface area contributed by atoms with Crippen molar-refractivity contribution in [3.05, 3.63) is 29.8 Å². The fourth-order valence-electron chi connectivity index (χ4n) is 2.22. The van der Waals surface area contributed by atoms with Crippen molar-refractivity contribution in [3.63, 3.8) is 0 Å². The minimum absolute atomic E-state index is 0.265. The van der Waals surface area contributed by atoms with Gasteiger partial charge in [-0.2, -0.15) is 13.2 Å². The van der Waals surface area contributed by atoms with E-state index in [0.717, 1.165) is 5.56 Å². The molecule has 0 aliphatic heterocycles. The number of alkyl halides is 3. The first-order valence-electron chi connectivity index (χ1n) is 6.46. The third-order valence-electron chi connectivity index (χ3n) is 3.22. The van der Waals surface area contributed by atoms with Crippen LogP contribution in [0.2, 0.25) is 0 Å². The quantitative estimate of drug-likeness (QED) is 0.890. The number of nitrogens with zero attached hydrogens (tertiary/aromatic N) is 1. The van der Waals surface area contributed by atoms with Gasteiger partial charge in [0.05, 0.1) is 0 Å². The molecule has 2 atom stereocenters. The van der Waals surface area contributed by atoms with Gasteiger partial charge < -0.3 is 10.6 Å². The zero-order valence-electron chi connectivity index (χ0n) is 11.5. The minimum Gasteiger partial charge on any atom is -0.359 e. The van der Waals surface area contributed by atoms with Crippen molar-refractivity contribution in [2.45, 2.75) is 45.5 Å². The van der Waals surface area contributed by atoms with Gasteiger partial charge in [-0.25, -0.2) is 0 Å². The molecule has 0 aromatic heterocycles. The molecule has 1 aromatic rings. The first-order valence-corrected chi connectivity index (χ1v) is 6.46. The van der Waals surface area contributed by atoms with Crippen LogP contribution in [0.25, 0.3) is 0 Å². The second-order valence-corrected chi connectivity index (χ2v) is 4.68. The summed E-state index contributed by atoms with van der Waals surface area (Å²) in [5.41, 5.74) is 7.19. The van der Waals surface area contributed by atoms with Gasteiger partial charge in [0, 0.05) is 18.3 Å². The van der Waals surface area contributed by atoms with E-state index < -0.39 is 18.3 Å². The van der Waals surface area contributed by atoms with Crippen molar-refractivity contribution < 1.29 is 13.2 Å². The maximum absolute atomic E-state index is 13.3. The van der Waals surface area contributed by atoms with Crippen LogP contribution in [0.5, 0.6) is 0 Å². The normalized spacial score (nSPS) is 15.1. The number of halogens is 3. The molecule has 19 heavy (non-hydrogen) atoms. The molecule has 0 aliphatic rings. The van der Waals surface area contributed by atoms with Crippen molar-refractivity contribution in [1.29, 1.82) is 0 Å². The molecule has 0 saturated carbocycles. The number of rotatable bonds is 5. The summed E-state index contributed by atoms with van der Waals surface area (Å²) in [4.78, 5) is 1.33. The lowest BCUT2D eigenvalue weighted by atomic mass is 10.0. The van der Waals surface area contributed by atoms with Crippen LogP contribution in [0.3, 0.4) is 0 Å². The summed E-state index contributed by atoms with van der Waals surface area (Å²) in [5, 5.41) is 0. The summed E-state index contributed by atoms with van der Waals surface area (Å²) in [7, 11) is 0. The van der Waals surface area contributed by atoms with Crippen molar-refractivity contribution >= 4 is 5.69 Å². The highest BCUT2D eigenvalue weighted by atomic mass is 19.4. The molecule has 1 rings (SSSR count). The second-order valence-electron chi connectivity index (χ2n) is 4.68. The average Bonchev–Trinajstić information content (AvgIpc) is 2.33. The molecule has 108 valence electrons. The van der Waals surface area contributed by atoms with Gasteiger partial charge >= 0.3 is 6.18 Å². The standard InChI is InChI=1S/C14H21F3N2/c1-4-12(18)13(14(15,16)17)19(5-2)11-8-6-7-10(3)9-11/h6-9,12-13H,4-5,18H2,1-3H3. The number of likely N-dealkylation sites (N-methyl/N-ethyl adjacent to an activating group) is 1. The number of nitrogens with two attached hydrogens (primary N) is 1. The van der Waals surface area contributed by atoms with Crippen LogP contribution in [-0.4, -0.2) is 24.8 Å². The van der Waals surface area contributed by atoms with Crippen molar-refractivity contribution in [2.75, 3.05) is 11.4 Å². The highest BCUT2D eigenvalue weighted by Crippen LogP contribution is 2.31. The Balaban J connectivity index is 3.17. The summed E-state index contributed by atoms with van der Waals surface area (Å²) in [6.07, 6.45) is -4.05. The summed E-state index contributed by atoms with van der Waals surface area (Å²) >= 11 is 0. The van der Waals surface area contributed by atoms with Gasteiger partial charge in [-0.15, -0.1) is 0 Å². The molecule has 2 N–H and O–H groups in total. The zero-order valence-corrected chi connectivity index (χ0v) is 11.5. The maximum atomic E-state index is 13.3. The van der Waals surface area contributed by atoms with Crippen molar-refractivity contribution in [1.82, 2.24) is 0 Å². The molecule has 0 spiro atoms. The molecule has 2 nitrogen and oxygen atoms in total. The Kier molecular flexibility index (Phi) is 5.23. The van der Waals surface area contributed by atoms with E-state index in [1.807, 2.05) is 13.0 Å². The number of hydrogen-bond acceptors (Lipinski definition) is 2. The minimum atomic E-state index is -4.34. The molecule has 5 heteroatoms. The molecule has 0 amide bonds. The van der Waals surface area contributed by atoms with Crippen LogP contribution < -0.4 is 10.6 Å². The van der Waals surface area contributed by atoms with Gasteiger partial charge in [-0.1, -0.05) is 19.1 Å². The second kappa shape index (κ2) is 6.28. The van der Waals surface area contributed by atoms with Crippen molar-refractivity contribution in [3.8, 4) is 0 Å². The van der Waals surface area contributed by atoms with Gasteiger partial charge in [0.25, 0.3) is 0 Å². The van der Waals surface area contributed by atoms with E-state index in [2.05, 4.69) is 0 Å². The fraction of sp³-hybridized carbons (Fsp3) is 0.571. The van der Waals surface area contributed by atoms with E-state index in [1.165, 1.54) is 4.90 Å². The highest BCUT2D eigenvalue weighted by Gasteiger charge is 2.46. The maximum Gasteiger partial charge on any atom is 0.410 e. The zero-order chi connectivity index (χ0) is 14.6. The number of benzene rings is 1. The monoisotopic (exact) mass is 274 g/mol. The van der Waals surface area contributed by atoms with Crippen LogP contribution >= 0.6 is 0 Å². The number of hydrogen-bond donors (Lipinski definition) is 1. The third kappa shape index (κ3) is 3.86. The van der Waals surface area contributed by atoms with Crippen LogP contribution in [-0.2, 0) is 0 Å². The smallest absolute Gasteiger partial charge is 0.359 e. The largest absolute Gasteiger partial charge is 0.410 e. The topological polar surface area (TPSA) is 29.3 Å². The van der Waals surface area contributed by atoms with E-state index in [0.29, 0.717) is 5.69 Å². The Hall–Kier alpha value is -1.23. The van der Waals surface area contributed by atoms with Crippen LogP contribution in [0.15, 0.2) is 24.3 Å². The van der Waals surface area contributed by atoms with E-state index in [1.54, 1.807) is 32.0 Å². The summed E-state index contributed by atoms with van der Waals surface area (Å²) in [6, 6.07) is 4.49. The number of aryl methyl sites for hydroxylation is 1. The lowest BCUT2D eigenvalue weighted by Crippen LogP contribution is -2.56. The lowest BCUT2D eigenvalue weighted by Gasteiger charge is -2.37. The van der Waals surface area contributed by atoms with Gasteiger partial charge in [-0.05, 0) is 38.0 Å². The molecule has 2 unspecified atom stereocenters. The SMILES string of the molecule is CCC(N)C(N(CC)c1cccc(C)c1)C(F)(F)F. The van der Waals surface area contributed by atoms with Gasteiger partial charge in [0.15, 0.2) is 0 Å². The Morgan fingerprint density at radius 2 is 1.89 bits per heavy atom. The molecular formula is C14H21F3N2. The lowest BCUT2D eigenvalue weighted by molar-refractivity contribution is -0.153. The summed E-state index contributed by atoms with van der Waals surface area (Å²) < 4.78 is 39.8. The highest BCUT2D eigenvalue weighted by molar-refractivity contribution is 5.50. The third-order valence-corrected chi connectivity index (χ3v) is 3.22. The summed E-state index contributed by atoms with van der Waals surface area (Å²) in [6.45, 7) is 5.51. The van der Waals surface area contributed by atoms with E-state index in [9.17, 15) is 13.2 Å². The Morgan fingerprint density at radius 1 is 1.26 bits per heavy atom. The van der Waals surface area contributed by atoms with Crippen LogP contribution in [0.4, 0.5) is 18.9 Å². The predicted octanol–water partition coefficient (Wildman–Crippen LogP) is 3.49. The predicted molar refractivity (Wildman–Crippen MR) is 72.3 cm³/mol. The van der Waals surface area contributed by atoms with Gasteiger partial charge in [0.2, 0.25) is 0 Å². The average molecular weight is 274 g/mol. The van der Waals surface area contributed by atoms with E-state index in [-0.39, 0.29) is 13.0 Å². The van der Waals surface area contributed by atoms with E-state index in [4.69, 9.17) is 5.73 Å². The molecule has 0 aliphatic carbocycles. The molecular weight excluding hydrogens is 253 g/mol.